The van der Waals surface area contributed by atoms with Crippen LogP contribution in [0.4, 0.5) is 0 Å². The van der Waals surface area contributed by atoms with Gasteiger partial charge in [0.25, 0.3) is 0 Å². The number of halogens is 1. The van der Waals surface area contributed by atoms with Crippen LogP contribution in [0.3, 0.4) is 0 Å². The second kappa shape index (κ2) is 5.16. The van der Waals surface area contributed by atoms with Crippen molar-refractivity contribution < 1.29 is 4.79 Å². The predicted molar refractivity (Wildman–Crippen MR) is 47.7 cm³/mol. The summed E-state index contributed by atoms with van der Waals surface area (Å²) in [5.74, 6) is -0.496. The minimum atomic E-state index is -0.496. The Labute approximate surface area is 75.6 Å². The van der Waals surface area contributed by atoms with Gasteiger partial charge in [0.1, 0.15) is 5.15 Å². The van der Waals surface area contributed by atoms with Crippen LogP contribution in [-0.4, -0.2) is 10.9 Å². The summed E-state index contributed by atoms with van der Waals surface area (Å²) in [5, 5.41) is 0.352. The standard InChI is InChI=1S/C6H5ClN2O.C2H2/c7-5-2-1-4(3-9-5)6(8)10;1-2/h1-3H,(H2,8,10);1-2H. The fourth-order valence-electron chi connectivity index (χ4n) is 0.522. The predicted octanol–water partition coefficient (Wildman–Crippen LogP) is 1.08. The monoisotopic (exact) mass is 182 g/mol. The highest BCUT2D eigenvalue weighted by Gasteiger charge is 1.97. The zero-order valence-corrected chi connectivity index (χ0v) is 6.95. The summed E-state index contributed by atoms with van der Waals surface area (Å²) in [7, 11) is 0. The van der Waals surface area contributed by atoms with E-state index in [9.17, 15) is 4.79 Å². The highest BCUT2D eigenvalue weighted by Crippen LogP contribution is 2.03. The molecule has 0 unspecified atom stereocenters. The van der Waals surface area contributed by atoms with E-state index in [1.807, 2.05) is 0 Å². The van der Waals surface area contributed by atoms with Crippen LogP contribution in [-0.2, 0) is 0 Å². The zero-order chi connectivity index (χ0) is 9.56. The van der Waals surface area contributed by atoms with Crippen LogP contribution >= 0.6 is 11.6 Å². The summed E-state index contributed by atoms with van der Waals surface area (Å²) in [6.45, 7) is 0. The Morgan fingerprint density at radius 1 is 1.50 bits per heavy atom. The molecule has 1 rings (SSSR count). The molecule has 0 bridgehead atoms. The van der Waals surface area contributed by atoms with Crippen LogP contribution in [0.25, 0.3) is 0 Å². The normalized spacial score (nSPS) is 7.92. The van der Waals surface area contributed by atoms with E-state index in [-0.39, 0.29) is 0 Å². The molecule has 0 aliphatic carbocycles. The quantitative estimate of drug-likeness (QED) is 0.522. The van der Waals surface area contributed by atoms with E-state index in [4.69, 9.17) is 17.3 Å². The molecule has 0 spiro atoms. The van der Waals surface area contributed by atoms with Crippen molar-refractivity contribution in [3.63, 3.8) is 0 Å². The first kappa shape index (κ1) is 10.5. The van der Waals surface area contributed by atoms with Gasteiger partial charge in [-0.05, 0) is 12.1 Å². The molecule has 1 heterocycles. The fraction of sp³-hybridized carbons (Fsp3) is 0. The van der Waals surface area contributed by atoms with Gasteiger partial charge in [0.15, 0.2) is 0 Å². The van der Waals surface area contributed by atoms with Crippen molar-refractivity contribution >= 4 is 17.5 Å². The van der Waals surface area contributed by atoms with Crippen LogP contribution in [0.15, 0.2) is 18.3 Å². The van der Waals surface area contributed by atoms with Crippen LogP contribution in [0.5, 0.6) is 0 Å². The first-order valence-electron chi connectivity index (χ1n) is 2.95. The first-order chi connectivity index (χ1) is 5.70. The van der Waals surface area contributed by atoms with Gasteiger partial charge in [0.05, 0.1) is 5.56 Å². The van der Waals surface area contributed by atoms with Crippen molar-refractivity contribution in [2.24, 2.45) is 5.73 Å². The number of rotatable bonds is 1. The number of amides is 1. The average Bonchev–Trinajstić information content (AvgIpc) is 2.09. The Balaban J connectivity index is 0.000000561. The highest BCUT2D eigenvalue weighted by atomic mass is 35.5. The number of hydrogen-bond acceptors (Lipinski definition) is 2. The second-order valence-corrected chi connectivity index (χ2v) is 2.12. The summed E-state index contributed by atoms with van der Waals surface area (Å²) in [4.78, 5) is 14.1. The molecule has 0 fully saturated rings. The van der Waals surface area contributed by atoms with Gasteiger partial charge in [-0.2, -0.15) is 0 Å². The minimum absolute atomic E-state index is 0.352. The van der Waals surface area contributed by atoms with Crippen molar-refractivity contribution in [1.82, 2.24) is 4.98 Å². The number of pyridine rings is 1. The summed E-state index contributed by atoms with van der Waals surface area (Å²) < 4.78 is 0. The van der Waals surface area contributed by atoms with Crippen LogP contribution in [0.1, 0.15) is 10.4 Å². The smallest absolute Gasteiger partial charge is 0.250 e. The van der Waals surface area contributed by atoms with Gasteiger partial charge in [-0.25, -0.2) is 4.98 Å². The lowest BCUT2D eigenvalue weighted by Gasteiger charge is -1.91. The van der Waals surface area contributed by atoms with Crippen molar-refractivity contribution in [1.29, 1.82) is 0 Å². The highest BCUT2D eigenvalue weighted by molar-refractivity contribution is 6.29. The van der Waals surface area contributed by atoms with Crippen molar-refractivity contribution in [3.8, 4) is 12.8 Å². The largest absolute Gasteiger partial charge is 0.366 e. The molecular formula is C8H7ClN2O. The molecule has 0 aliphatic rings. The summed E-state index contributed by atoms with van der Waals surface area (Å²) in [6.07, 6.45) is 9.34. The first-order valence-corrected chi connectivity index (χ1v) is 3.32. The lowest BCUT2D eigenvalue weighted by Crippen LogP contribution is -2.10. The molecule has 0 aromatic carbocycles. The molecule has 2 N–H and O–H groups in total. The summed E-state index contributed by atoms with van der Waals surface area (Å²) in [5.41, 5.74) is 5.31. The van der Waals surface area contributed by atoms with Gasteiger partial charge in [-0.1, -0.05) is 11.6 Å². The van der Waals surface area contributed by atoms with Gasteiger partial charge >= 0.3 is 0 Å². The molecule has 0 aliphatic heterocycles. The molecule has 1 aromatic heterocycles. The number of hydrogen-bond donors (Lipinski definition) is 1. The number of carbonyl (C=O) groups is 1. The van der Waals surface area contributed by atoms with E-state index >= 15 is 0 Å². The number of terminal acetylenes is 1. The SMILES string of the molecule is C#C.NC(=O)c1ccc(Cl)nc1. The minimum Gasteiger partial charge on any atom is -0.366 e. The lowest BCUT2D eigenvalue weighted by atomic mass is 10.3. The van der Waals surface area contributed by atoms with Gasteiger partial charge in [0.2, 0.25) is 5.91 Å². The van der Waals surface area contributed by atoms with Crippen LogP contribution < -0.4 is 5.73 Å². The third-order valence-corrected chi connectivity index (χ3v) is 1.24. The maximum Gasteiger partial charge on any atom is 0.250 e. The molecule has 0 saturated heterocycles. The fourth-order valence-corrected chi connectivity index (χ4v) is 0.633. The molecular weight excluding hydrogens is 176 g/mol. The Hall–Kier alpha value is -1.53. The van der Waals surface area contributed by atoms with E-state index in [0.29, 0.717) is 10.7 Å². The van der Waals surface area contributed by atoms with E-state index in [0.717, 1.165) is 0 Å². The molecule has 12 heavy (non-hydrogen) atoms. The molecule has 1 aromatic rings. The second-order valence-electron chi connectivity index (χ2n) is 1.73. The van der Waals surface area contributed by atoms with Gasteiger partial charge < -0.3 is 5.73 Å². The van der Waals surface area contributed by atoms with E-state index < -0.39 is 5.91 Å². The van der Waals surface area contributed by atoms with Crippen LogP contribution in [0, 0.1) is 12.8 Å². The average molecular weight is 183 g/mol. The molecule has 0 radical (unpaired) electrons. The Morgan fingerprint density at radius 2 is 2.08 bits per heavy atom. The van der Waals surface area contributed by atoms with Gasteiger partial charge in [-0.3, -0.25) is 4.79 Å². The maximum atomic E-state index is 10.5. The molecule has 3 nitrogen and oxygen atoms in total. The Kier molecular flexibility index (Phi) is 4.51. The van der Waals surface area contributed by atoms with Crippen molar-refractivity contribution in [2.45, 2.75) is 0 Å². The van der Waals surface area contributed by atoms with Crippen molar-refractivity contribution in [2.75, 3.05) is 0 Å². The lowest BCUT2D eigenvalue weighted by molar-refractivity contribution is 0.1000. The van der Waals surface area contributed by atoms with Gasteiger partial charge in [0, 0.05) is 6.20 Å². The van der Waals surface area contributed by atoms with Gasteiger partial charge in [-0.15, -0.1) is 12.8 Å². The third-order valence-electron chi connectivity index (χ3n) is 1.01. The number of primary amides is 1. The third kappa shape index (κ3) is 3.04. The molecule has 62 valence electrons. The molecule has 0 saturated carbocycles. The molecule has 1 amide bonds. The van der Waals surface area contributed by atoms with Crippen LogP contribution in [0.2, 0.25) is 5.15 Å². The molecule has 4 heteroatoms. The summed E-state index contributed by atoms with van der Waals surface area (Å²) >= 11 is 5.45. The van der Waals surface area contributed by atoms with E-state index in [1.165, 1.54) is 18.3 Å². The Morgan fingerprint density at radius 3 is 2.42 bits per heavy atom. The molecule has 0 atom stereocenters. The maximum absolute atomic E-state index is 10.5. The van der Waals surface area contributed by atoms with E-state index in [1.54, 1.807) is 0 Å². The number of aromatic nitrogens is 1. The summed E-state index contributed by atoms with van der Waals surface area (Å²) in [6, 6.07) is 3.04. The van der Waals surface area contributed by atoms with E-state index in [2.05, 4.69) is 17.8 Å². The zero-order valence-electron chi connectivity index (χ0n) is 6.20. The number of carbonyl (C=O) groups excluding carboxylic acids is 1. The number of nitrogens with two attached hydrogens (primary N) is 1. The topological polar surface area (TPSA) is 56.0 Å². The number of nitrogens with zero attached hydrogens (tertiary/aromatic N) is 1. The Bertz CT molecular complexity index is 279. The van der Waals surface area contributed by atoms with Crippen molar-refractivity contribution in [3.05, 3.63) is 29.0 Å².